The second-order valence-corrected chi connectivity index (χ2v) is 7.34. The summed E-state index contributed by atoms with van der Waals surface area (Å²) in [5, 5.41) is 0. The molecule has 0 spiro atoms. The van der Waals surface area contributed by atoms with Crippen molar-refractivity contribution in [3.63, 3.8) is 0 Å². The van der Waals surface area contributed by atoms with Crippen molar-refractivity contribution in [2.45, 2.75) is 66.2 Å². The van der Waals surface area contributed by atoms with Gasteiger partial charge in [-0.1, -0.05) is 34.9 Å². The minimum absolute atomic E-state index is 0.417. The maximum atomic E-state index is 11.0. The van der Waals surface area contributed by atoms with E-state index in [2.05, 4.69) is 45.9 Å². The molecule has 1 amide bonds. The molecule has 1 rings (SSSR count). The fraction of sp³-hybridized carbons (Fsp3) is 0.458. The molecule has 1 aromatic carbocycles. The van der Waals surface area contributed by atoms with Gasteiger partial charge in [-0.25, -0.2) is 0 Å². The number of allylic oxidation sites excluding steroid dienone is 6. The van der Waals surface area contributed by atoms with Crippen LogP contribution in [0.5, 0.6) is 5.75 Å². The lowest BCUT2D eigenvalue weighted by Gasteiger charge is -2.06. The van der Waals surface area contributed by atoms with Crippen LogP contribution in [-0.4, -0.2) is 12.5 Å². The summed E-state index contributed by atoms with van der Waals surface area (Å²) in [6.07, 6.45) is 13.5. The minimum Gasteiger partial charge on any atom is -0.494 e. The SMILES string of the molecule is CC(C)=CCCC(C)=CCCC(C)=CCCCOc1ccc(C(N)=O)cc1. The molecule has 2 N–H and O–H groups in total. The van der Waals surface area contributed by atoms with Gasteiger partial charge in [-0.15, -0.1) is 0 Å². The quantitative estimate of drug-likeness (QED) is 0.344. The Balaban J connectivity index is 2.19. The fourth-order valence-electron chi connectivity index (χ4n) is 2.68. The number of carbonyl (C=O) groups is 1. The number of unbranched alkanes of at least 4 members (excludes halogenated alkanes) is 1. The first-order chi connectivity index (χ1) is 12.9. The largest absolute Gasteiger partial charge is 0.494 e. The van der Waals surface area contributed by atoms with E-state index < -0.39 is 5.91 Å². The van der Waals surface area contributed by atoms with Crippen LogP contribution in [0, 0.1) is 0 Å². The van der Waals surface area contributed by atoms with E-state index in [0.29, 0.717) is 12.2 Å². The van der Waals surface area contributed by atoms with E-state index in [-0.39, 0.29) is 0 Å². The Labute approximate surface area is 165 Å². The smallest absolute Gasteiger partial charge is 0.248 e. The lowest BCUT2D eigenvalue weighted by Crippen LogP contribution is -2.10. The van der Waals surface area contributed by atoms with Crippen LogP contribution in [-0.2, 0) is 0 Å². The summed E-state index contributed by atoms with van der Waals surface area (Å²) in [6.45, 7) is 9.40. The second kappa shape index (κ2) is 13.0. The molecule has 0 aliphatic rings. The number of nitrogens with two attached hydrogens (primary N) is 1. The fourth-order valence-corrected chi connectivity index (χ4v) is 2.68. The normalized spacial score (nSPS) is 12.0. The molecule has 0 aliphatic carbocycles. The van der Waals surface area contributed by atoms with Crippen LogP contribution in [0.15, 0.2) is 59.2 Å². The number of amides is 1. The van der Waals surface area contributed by atoms with Crippen LogP contribution in [0.4, 0.5) is 0 Å². The summed E-state index contributed by atoms with van der Waals surface area (Å²) >= 11 is 0. The van der Waals surface area contributed by atoms with Gasteiger partial charge in [-0.2, -0.15) is 0 Å². The zero-order valence-corrected chi connectivity index (χ0v) is 17.4. The molecule has 0 aliphatic heterocycles. The molecule has 1 aromatic rings. The van der Waals surface area contributed by atoms with Crippen LogP contribution in [0.25, 0.3) is 0 Å². The Bertz CT molecular complexity index is 662. The molecule has 3 nitrogen and oxygen atoms in total. The predicted molar refractivity (Wildman–Crippen MR) is 115 cm³/mol. The van der Waals surface area contributed by atoms with Crippen molar-refractivity contribution in [2.75, 3.05) is 6.61 Å². The van der Waals surface area contributed by atoms with E-state index in [9.17, 15) is 4.79 Å². The summed E-state index contributed by atoms with van der Waals surface area (Å²) in [5.41, 5.74) is 10.0. The first-order valence-electron chi connectivity index (χ1n) is 9.85. The molecule has 0 radical (unpaired) electrons. The molecule has 0 atom stereocenters. The van der Waals surface area contributed by atoms with Gasteiger partial charge in [-0.05, 0) is 90.5 Å². The van der Waals surface area contributed by atoms with Crippen molar-refractivity contribution in [1.82, 2.24) is 0 Å². The topological polar surface area (TPSA) is 52.3 Å². The highest BCUT2D eigenvalue weighted by atomic mass is 16.5. The van der Waals surface area contributed by atoms with Gasteiger partial charge < -0.3 is 10.5 Å². The Morgan fingerprint density at radius 2 is 1.44 bits per heavy atom. The number of hydrogen-bond donors (Lipinski definition) is 1. The van der Waals surface area contributed by atoms with Gasteiger partial charge in [0, 0.05) is 5.56 Å². The van der Waals surface area contributed by atoms with Crippen molar-refractivity contribution in [1.29, 1.82) is 0 Å². The van der Waals surface area contributed by atoms with Gasteiger partial charge in [0.2, 0.25) is 5.91 Å². The van der Waals surface area contributed by atoms with E-state index in [0.717, 1.165) is 44.3 Å². The van der Waals surface area contributed by atoms with Crippen molar-refractivity contribution in [2.24, 2.45) is 5.73 Å². The highest BCUT2D eigenvalue weighted by Crippen LogP contribution is 2.14. The number of hydrogen-bond acceptors (Lipinski definition) is 2. The molecule has 0 fully saturated rings. The second-order valence-electron chi connectivity index (χ2n) is 7.34. The highest BCUT2D eigenvalue weighted by molar-refractivity contribution is 5.92. The van der Waals surface area contributed by atoms with E-state index in [1.807, 2.05) is 0 Å². The third-order valence-electron chi connectivity index (χ3n) is 4.37. The average molecular weight is 370 g/mol. The van der Waals surface area contributed by atoms with Gasteiger partial charge in [0.1, 0.15) is 5.75 Å². The van der Waals surface area contributed by atoms with Crippen LogP contribution in [0.1, 0.15) is 76.6 Å². The average Bonchev–Trinajstić information content (AvgIpc) is 2.61. The lowest BCUT2D eigenvalue weighted by molar-refractivity contribution is 0.100. The Morgan fingerprint density at radius 1 is 0.889 bits per heavy atom. The van der Waals surface area contributed by atoms with Crippen LogP contribution < -0.4 is 10.5 Å². The monoisotopic (exact) mass is 369 g/mol. The predicted octanol–water partition coefficient (Wildman–Crippen LogP) is 6.36. The first-order valence-corrected chi connectivity index (χ1v) is 9.85. The Hall–Kier alpha value is -2.29. The summed E-state index contributed by atoms with van der Waals surface area (Å²) < 4.78 is 5.69. The van der Waals surface area contributed by atoms with E-state index in [1.54, 1.807) is 24.3 Å². The van der Waals surface area contributed by atoms with Crippen LogP contribution in [0.2, 0.25) is 0 Å². The van der Waals surface area contributed by atoms with E-state index in [4.69, 9.17) is 10.5 Å². The van der Waals surface area contributed by atoms with Crippen molar-refractivity contribution >= 4 is 5.91 Å². The van der Waals surface area contributed by atoms with Crippen molar-refractivity contribution < 1.29 is 9.53 Å². The Morgan fingerprint density at radius 3 is 2.00 bits per heavy atom. The lowest BCUT2D eigenvalue weighted by atomic mass is 10.1. The molecule has 0 heterocycles. The zero-order valence-electron chi connectivity index (χ0n) is 17.4. The number of primary amides is 1. The first kappa shape index (κ1) is 22.8. The molecular weight excluding hydrogens is 334 g/mol. The highest BCUT2D eigenvalue weighted by Gasteiger charge is 2.00. The molecule has 0 saturated carbocycles. The number of ether oxygens (including phenoxy) is 1. The van der Waals surface area contributed by atoms with Gasteiger partial charge in [-0.3, -0.25) is 4.79 Å². The Kier molecular flexibility index (Phi) is 10.9. The summed E-state index contributed by atoms with van der Waals surface area (Å²) in [4.78, 5) is 11.0. The maximum absolute atomic E-state index is 11.0. The van der Waals surface area contributed by atoms with Crippen molar-refractivity contribution in [3.8, 4) is 5.75 Å². The number of rotatable bonds is 12. The molecule has 3 heteroatoms. The third-order valence-corrected chi connectivity index (χ3v) is 4.37. The molecule has 0 bridgehead atoms. The molecule has 27 heavy (non-hydrogen) atoms. The molecule has 0 saturated heterocycles. The summed E-state index contributed by atoms with van der Waals surface area (Å²) in [5.74, 6) is 0.356. The maximum Gasteiger partial charge on any atom is 0.248 e. The van der Waals surface area contributed by atoms with Crippen LogP contribution in [0.3, 0.4) is 0 Å². The van der Waals surface area contributed by atoms with E-state index >= 15 is 0 Å². The molecule has 148 valence electrons. The molecular formula is C24H35NO2. The van der Waals surface area contributed by atoms with E-state index in [1.165, 1.54) is 16.7 Å². The summed E-state index contributed by atoms with van der Waals surface area (Å²) in [7, 11) is 0. The van der Waals surface area contributed by atoms with Crippen LogP contribution >= 0.6 is 0 Å². The van der Waals surface area contributed by atoms with Crippen molar-refractivity contribution in [3.05, 3.63) is 64.8 Å². The van der Waals surface area contributed by atoms with Gasteiger partial charge in [0.05, 0.1) is 6.61 Å². The number of carbonyl (C=O) groups excluding carboxylic acids is 1. The van der Waals surface area contributed by atoms with Gasteiger partial charge >= 0.3 is 0 Å². The number of benzene rings is 1. The zero-order chi connectivity index (χ0) is 20.1. The van der Waals surface area contributed by atoms with Gasteiger partial charge in [0.15, 0.2) is 0 Å². The molecule has 0 aromatic heterocycles. The molecule has 0 unspecified atom stereocenters. The van der Waals surface area contributed by atoms with Gasteiger partial charge in [0.25, 0.3) is 0 Å². The minimum atomic E-state index is -0.417. The third kappa shape index (κ3) is 11.1. The summed E-state index contributed by atoms with van der Waals surface area (Å²) in [6, 6.07) is 6.95. The standard InChI is InChI=1S/C24H35NO2/c1-19(2)9-7-11-21(4)13-8-12-20(3)10-5-6-18-27-23-16-14-22(15-17-23)24(25)26/h9-10,13-17H,5-8,11-12,18H2,1-4H3,(H2,25,26).